The van der Waals surface area contributed by atoms with Crippen molar-refractivity contribution in [2.45, 2.75) is 0 Å². The number of halogens is 1. The Balaban J connectivity index is 1.92. The summed E-state index contributed by atoms with van der Waals surface area (Å²) in [5.41, 5.74) is 1.33. The van der Waals surface area contributed by atoms with Crippen LogP contribution in [0.15, 0.2) is 46.9 Å². The van der Waals surface area contributed by atoms with Gasteiger partial charge in [0.15, 0.2) is 5.13 Å². The van der Waals surface area contributed by atoms with Crippen molar-refractivity contribution >= 4 is 48.5 Å². The molecule has 6 heteroatoms. The summed E-state index contributed by atoms with van der Waals surface area (Å²) in [6.45, 7) is 0. The van der Waals surface area contributed by atoms with E-state index in [0.29, 0.717) is 16.4 Å². The standard InChI is InChI=1S/C15H11BrN2O2S/c1-20-11-7-4-8-12-13(11)17-15(21-12)18-14(19)9-5-2-3-6-10(9)16/h2-8H,1H3,(H,17,18,19). The summed E-state index contributed by atoms with van der Waals surface area (Å²) < 4.78 is 6.99. The highest BCUT2D eigenvalue weighted by Crippen LogP contribution is 2.32. The van der Waals surface area contributed by atoms with Crippen molar-refractivity contribution in [3.8, 4) is 5.75 Å². The van der Waals surface area contributed by atoms with Gasteiger partial charge in [-0.25, -0.2) is 4.98 Å². The van der Waals surface area contributed by atoms with Crippen molar-refractivity contribution in [3.05, 3.63) is 52.5 Å². The molecule has 0 saturated carbocycles. The maximum atomic E-state index is 12.3. The molecule has 0 radical (unpaired) electrons. The Bertz CT molecular complexity index is 816. The summed E-state index contributed by atoms with van der Waals surface area (Å²) in [4.78, 5) is 16.7. The van der Waals surface area contributed by atoms with E-state index in [0.717, 1.165) is 14.7 Å². The monoisotopic (exact) mass is 362 g/mol. The minimum atomic E-state index is -0.194. The second-order valence-electron chi connectivity index (χ2n) is 4.26. The number of hydrogen-bond acceptors (Lipinski definition) is 4. The lowest BCUT2D eigenvalue weighted by Gasteiger charge is -2.03. The Labute approximate surface area is 133 Å². The number of ether oxygens (including phenoxy) is 1. The molecule has 0 spiro atoms. The van der Waals surface area contributed by atoms with Crippen molar-refractivity contribution in [2.75, 3.05) is 12.4 Å². The molecule has 1 aromatic heterocycles. The molecule has 1 N–H and O–H groups in total. The van der Waals surface area contributed by atoms with Crippen LogP contribution in [-0.4, -0.2) is 18.0 Å². The van der Waals surface area contributed by atoms with Crippen molar-refractivity contribution in [1.82, 2.24) is 4.98 Å². The molecule has 0 aliphatic rings. The van der Waals surface area contributed by atoms with Gasteiger partial charge in [0.1, 0.15) is 11.3 Å². The number of amides is 1. The van der Waals surface area contributed by atoms with Gasteiger partial charge in [0.05, 0.1) is 17.4 Å². The number of aromatic nitrogens is 1. The molecule has 0 bridgehead atoms. The van der Waals surface area contributed by atoms with E-state index in [1.165, 1.54) is 11.3 Å². The molecule has 2 aromatic carbocycles. The van der Waals surface area contributed by atoms with E-state index in [1.54, 1.807) is 13.2 Å². The van der Waals surface area contributed by atoms with Crippen LogP contribution in [0.5, 0.6) is 5.75 Å². The predicted molar refractivity (Wildman–Crippen MR) is 88.3 cm³/mol. The highest BCUT2D eigenvalue weighted by molar-refractivity contribution is 9.10. The smallest absolute Gasteiger partial charge is 0.258 e. The number of methoxy groups -OCH3 is 1. The molecule has 1 heterocycles. The van der Waals surface area contributed by atoms with Gasteiger partial charge in [-0.3, -0.25) is 10.1 Å². The molecule has 0 aliphatic heterocycles. The number of anilines is 1. The summed E-state index contributed by atoms with van der Waals surface area (Å²) in [7, 11) is 1.60. The molecule has 0 atom stereocenters. The van der Waals surface area contributed by atoms with Crippen molar-refractivity contribution in [1.29, 1.82) is 0 Å². The third-order valence-corrected chi connectivity index (χ3v) is 4.57. The lowest BCUT2D eigenvalue weighted by atomic mass is 10.2. The maximum absolute atomic E-state index is 12.3. The number of rotatable bonds is 3. The third kappa shape index (κ3) is 2.77. The van der Waals surface area contributed by atoms with Crippen LogP contribution in [0.2, 0.25) is 0 Å². The maximum Gasteiger partial charge on any atom is 0.258 e. The van der Waals surface area contributed by atoms with Crippen molar-refractivity contribution in [3.63, 3.8) is 0 Å². The zero-order valence-electron chi connectivity index (χ0n) is 11.1. The van der Waals surface area contributed by atoms with E-state index in [-0.39, 0.29) is 5.91 Å². The summed E-state index contributed by atoms with van der Waals surface area (Å²) in [6.07, 6.45) is 0. The predicted octanol–water partition coefficient (Wildman–Crippen LogP) is 4.32. The number of hydrogen-bond donors (Lipinski definition) is 1. The summed E-state index contributed by atoms with van der Waals surface area (Å²) in [6, 6.07) is 13.0. The Morgan fingerprint density at radius 3 is 2.81 bits per heavy atom. The molecule has 3 aromatic rings. The van der Waals surface area contributed by atoms with Gasteiger partial charge in [0.2, 0.25) is 0 Å². The lowest BCUT2D eigenvalue weighted by Crippen LogP contribution is -2.12. The van der Waals surface area contributed by atoms with Crippen LogP contribution in [0.1, 0.15) is 10.4 Å². The minimum absolute atomic E-state index is 0.194. The summed E-state index contributed by atoms with van der Waals surface area (Å²) in [5, 5.41) is 3.37. The molecule has 106 valence electrons. The number of nitrogens with one attached hydrogen (secondary N) is 1. The average molecular weight is 363 g/mol. The van der Waals surface area contributed by atoms with Gasteiger partial charge in [-0.2, -0.15) is 0 Å². The quantitative estimate of drug-likeness (QED) is 0.754. The second kappa shape index (κ2) is 5.83. The van der Waals surface area contributed by atoms with Crippen LogP contribution in [0.3, 0.4) is 0 Å². The van der Waals surface area contributed by atoms with E-state index in [2.05, 4.69) is 26.2 Å². The molecule has 4 nitrogen and oxygen atoms in total. The van der Waals surface area contributed by atoms with Gasteiger partial charge in [0.25, 0.3) is 5.91 Å². The molecular formula is C15H11BrN2O2S. The molecule has 1 amide bonds. The number of carbonyl (C=O) groups excluding carboxylic acids is 1. The number of benzene rings is 2. The fraction of sp³-hybridized carbons (Fsp3) is 0.0667. The molecular weight excluding hydrogens is 352 g/mol. The van der Waals surface area contributed by atoms with Gasteiger partial charge < -0.3 is 4.74 Å². The first kappa shape index (κ1) is 14.0. The van der Waals surface area contributed by atoms with E-state index < -0.39 is 0 Å². The van der Waals surface area contributed by atoms with Crippen LogP contribution in [0.25, 0.3) is 10.2 Å². The SMILES string of the molecule is COc1cccc2sc(NC(=O)c3ccccc3Br)nc12. The van der Waals surface area contributed by atoms with Crippen LogP contribution >= 0.6 is 27.3 Å². The number of nitrogens with zero attached hydrogens (tertiary/aromatic N) is 1. The topological polar surface area (TPSA) is 51.2 Å². The average Bonchev–Trinajstić information content (AvgIpc) is 2.89. The molecule has 21 heavy (non-hydrogen) atoms. The van der Waals surface area contributed by atoms with Crippen LogP contribution in [0.4, 0.5) is 5.13 Å². The van der Waals surface area contributed by atoms with E-state index >= 15 is 0 Å². The van der Waals surface area contributed by atoms with Crippen LogP contribution in [-0.2, 0) is 0 Å². The second-order valence-corrected chi connectivity index (χ2v) is 6.14. The molecule has 0 saturated heterocycles. The first-order valence-electron chi connectivity index (χ1n) is 6.18. The highest BCUT2D eigenvalue weighted by Gasteiger charge is 2.13. The van der Waals surface area contributed by atoms with Gasteiger partial charge in [-0.15, -0.1) is 0 Å². The van der Waals surface area contributed by atoms with E-state index in [9.17, 15) is 4.79 Å². The molecule has 0 fully saturated rings. The summed E-state index contributed by atoms with van der Waals surface area (Å²) >= 11 is 4.79. The number of thiazole rings is 1. The van der Waals surface area contributed by atoms with Gasteiger partial charge >= 0.3 is 0 Å². The number of para-hydroxylation sites is 1. The van der Waals surface area contributed by atoms with E-state index in [1.807, 2.05) is 36.4 Å². The Kier molecular flexibility index (Phi) is 3.90. The van der Waals surface area contributed by atoms with Gasteiger partial charge in [-0.05, 0) is 40.2 Å². The fourth-order valence-electron chi connectivity index (χ4n) is 1.95. The third-order valence-electron chi connectivity index (χ3n) is 2.94. The van der Waals surface area contributed by atoms with Gasteiger partial charge in [-0.1, -0.05) is 29.5 Å². The first-order chi connectivity index (χ1) is 10.2. The minimum Gasteiger partial charge on any atom is -0.494 e. The molecule has 0 unspecified atom stereocenters. The van der Waals surface area contributed by atoms with Gasteiger partial charge in [0, 0.05) is 4.47 Å². The molecule has 0 aliphatic carbocycles. The van der Waals surface area contributed by atoms with Crippen molar-refractivity contribution in [2.24, 2.45) is 0 Å². The number of fused-ring (bicyclic) bond motifs is 1. The van der Waals surface area contributed by atoms with Crippen molar-refractivity contribution < 1.29 is 9.53 Å². The van der Waals surface area contributed by atoms with Crippen LogP contribution < -0.4 is 10.1 Å². The Morgan fingerprint density at radius 2 is 2.05 bits per heavy atom. The van der Waals surface area contributed by atoms with Crippen LogP contribution in [0, 0.1) is 0 Å². The Hall–Kier alpha value is -1.92. The first-order valence-corrected chi connectivity index (χ1v) is 7.79. The Morgan fingerprint density at radius 1 is 1.24 bits per heavy atom. The summed E-state index contributed by atoms with van der Waals surface area (Å²) in [5.74, 6) is 0.505. The number of carbonyl (C=O) groups is 1. The lowest BCUT2D eigenvalue weighted by molar-refractivity contribution is 0.102. The zero-order chi connectivity index (χ0) is 14.8. The normalized spacial score (nSPS) is 10.6. The fourth-order valence-corrected chi connectivity index (χ4v) is 3.29. The highest BCUT2D eigenvalue weighted by atomic mass is 79.9. The largest absolute Gasteiger partial charge is 0.494 e. The molecule has 3 rings (SSSR count). The van der Waals surface area contributed by atoms with E-state index in [4.69, 9.17) is 4.74 Å². The zero-order valence-corrected chi connectivity index (χ0v) is 13.5.